The number of aryl methyl sites for hydroxylation is 2. The number of carbonyl (C=O) groups is 3. The van der Waals surface area contributed by atoms with Crippen molar-refractivity contribution in [2.75, 3.05) is 11.9 Å². The van der Waals surface area contributed by atoms with E-state index in [2.05, 4.69) is 10.6 Å². The first kappa shape index (κ1) is 26.3. The third kappa shape index (κ3) is 6.88. The number of rotatable bonds is 7. The van der Waals surface area contributed by atoms with Crippen molar-refractivity contribution in [2.24, 2.45) is 0 Å². The molecule has 3 amide bonds. The molecule has 0 aliphatic heterocycles. The number of benzene rings is 2. The number of hydrogen-bond acceptors (Lipinski definition) is 5. The van der Waals surface area contributed by atoms with Gasteiger partial charge in [-0.2, -0.15) is 0 Å². The van der Waals surface area contributed by atoms with Gasteiger partial charge in [0, 0.05) is 6.04 Å². The first-order valence-electron chi connectivity index (χ1n) is 11.5. The summed E-state index contributed by atoms with van der Waals surface area (Å²) < 4.78 is 5.23. The van der Waals surface area contributed by atoms with E-state index in [0.717, 1.165) is 18.4 Å². The van der Waals surface area contributed by atoms with E-state index in [1.807, 2.05) is 13.0 Å². The van der Waals surface area contributed by atoms with Crippen molar-refractivity contribution in [1.82, 2.24) is 10.2 Å². The molecule has 0 radical (unpaired) electrons. The molecule has 1 saturated carbocycles. The summed E-state index contributed by atoms with van der Waals surface area (Å²) in [6.07, 6.45) is 0.767. The van der Waals surface area contributed by atoms with Gasteiger partial charge >= 0.3 is 6.09 Å². The van der Waals surface area contributed by atoms with Crippen LogP contribution in [0.4, 0.5) is 10.5 Å². The topological polar surface area (TPSA) is 108 Å². The maximum atomic E-state index is 13.7. The number of para-hydroxylation sites is 1. The molecule has 2 aromatic carbocycles. The molecule has 35 heavy (non-hydrogen) atoms. The van der Waals surface area contributed by atoms with Crippen molar-refractivity contribution in [3.05, 3.63) is 58.1 Å². The van der Waals surface area contributed by atoms with Gasteiger partial charge in [0.25, 0.3) is 5.91 Å². The van der Waals surface area contributed by atoms with Crippen molar-refractivity contribution in [1.29, 1.82) is 0 Å². The van der Waals surface area contributed by atoms with Gasteiger partial charge in [0.15, 0.2) is 0 Å². The number of carbonyl (C=O) groups excluding carboxylic acids is 3. The predicted octanol–water partition coefficient (Wildman–Crippen LogP) is 4.86. The van der Waals surface area contributed by atoms with Crippen molar-refractivity contribution >= 4 is 35.2 Å². The van der Waals surface area contributed by atoms with E-state index in [0.29, 0.717) is 21.8 Å². The van der Waals surface area contributed by atoms with Crippen molar-refractivity contribution < 1.29 is 24.2 Å². The molecule has 1 atom stereocenters. The lowest BCUT2D eigenvalue weighted by Crippen LogP contribution is -2.47. The van der Waals surface area contributed by atoms with Crippen LogP contribution in [0.1, 0.15) is 56.3 Å². The lowest BCUT2D eigenvalue weighted by atomic mass is 10.0. The van der Waals surface area contributed by atoms with Crippen LogP contribution in [0.15, 0.2) is 36.4 Å². The van der Waals surface area contributed by atoms with Crippen LogP contribution < -0.4 is 10.6 Å². The fourth-order valence-electron chi connectivity index (χ4n) is 3.73. The molecule has 0 bridgehead atoms. The van der Waals surface area contributed by atoms with E-state index in [4.69, 9.17) is 16.3 Å². The molecule has 1 aliphatic rings. The molecule has 0 spiro atoms. The first-order valence-corrected chi connectivity index (χ1v) is 11.9. The molecule has 1 unspecified atom stereocenters. The van der Waals surface area contributed by atoms with Crippen molar-refractivity contribution in [3.8, 4) is 5.75 Å². The summed E-state index contributed by atoms with van der Waals surface area (Å²) in [6.45, 7) is 8.42. The fraction of sp³-hybridized carbons (Fsp3) is 0.423. The minimum absolute atomic E-state index is 0.0887. The quantitative estimate of drug-likeness (QED) is 0.502. The lowest BCUT2D eigenvalue weighted by molar-refractivity contribution is -0.138. The van der Waals surface area contributed by atoms with E-state index in [9.17, 15) is 19.5 Å². The summed E-state index contributed by atoms with van der Waals surface area (Å²) in [7, 11) is 0. The number of hydrogen-bond donors (Lipinski definition) is 3. The van der Waals surface area contributed by atoms with Crippen LogP contribution in [0.5, 0.6) is 5.75 Å². The molecule has 0 saturated heterocycles. The molecule has 9 heteroatoms. The van der Waals surface area contributed by atoms with E-state index in [-0.39, 0.29) is 18.3 Å². The number of alkyl carbamates (subject to hydrolysis) is 1. The highest BCUT2D eigenvalue weighted by Crippen LogP contribution is 2.37. The number of phenolic OH excluding ortho intramolecular Hbond substituents is 1. The Morgan fingerprint density at radius 2 is 1.83 bits per heavy atom. The van der Waals surface area contributed by atoms with Gasteiger partial charge in [0.2, 0.25) is 5.91 Å². The maximum Gasteiger partial charge on any atom is 0.408 e. The summed E-state index contributed by atoms with van der Waals surface area (Å²) >= 11 is 6.33. The molecule has 3 N–H and O–H groups in total. The number of nitrogens with zero attached hydrogens (tertiary/aromatic N) is 1. The minimum atomic E-state index is -0.995. The lowest BCUT2D eigenvalue weighted by Gasteiger charge is -2.32. The molecule has 188 valence electrons. The number of aromatic hydroxyl groups is 1. The summed E-state index contributed by atoms with van der Waals surface area (Å²) in [5, 5.41) is 15.8. The van der Waals surface area contributed by atoms with Crippen LogP contribution >= 0.6 is 11.6 Å². The largest absolute Gasteiger partial charge is 0.508 e. The standard InChI is InChI=1S/C26H32ClN3O5/c1-15-7-6-8-19(27)22(15)29-24(33)23(17-9-12-20(31)16(2)13-17)30(18-10-11-18)21(32)14-28-25(34)35-26(3,4)5/h6-9,12-13,18,23,31H,10-11,14H2,1-5H3,(H,28,34)(H,29,33). The maximum absolute atomic E-state index is 13.7. The normalized spacial score (nSPS) is 14.1. The van der Waals surface area contributed by atoms with Gasteiger partial charge in [-0.3, -0.25) is 9.59 Å². The number of nitrogens with one attached hydrogen (secondary N) is 2. The second kappa shape index (κ2) is 10.6. The van der Waals surface area contributed by atoms with Crippen molar-refractivity contribution in [3.63, 3.8) is 0 Å². The van der Waals surface area contributed by atoms with Crippen LogP contribution in [-0.2, 0) is 14.3 Å². The van der Waals surface area contributed by atoms with E-state index >= 15 is 0 Å². The van der Waals surface area contributed by atoms with Gasteiger partial charge in [-0.05, 0) is 82.3 Å². The van der Waals surface area contributed by atoms with Crippen LogP contribution in [0.25, 0.3) is 0 Å². The molecule has 0 heterocycles. The zero-order valence-electron chi connectivity index (χ0n) is 20.6. The van der Waals surface area contributed by atoms with E-state index in [1.165, 1.54) is 11.0 Å². The van der Waals surface area contributed by atoms with Crippen LogP contribution in [0, 0.1) is 13.8 Å². The zero-order chi connectivity index (χ0) is 25.9. The fourth-order valence-corrected chi connectivity index (χ4v) is 4.00. The van der Waals surface area contributed by atoms with Gasteiger partial charge < -0.3 is 25.4 Å². The summed E-state index contributed by atoms with van der Waals surface area (Å²) in [4.78, 5) is 40.7. The Morgan fingerprint density at radius 3 is 2.40 bits per heavy atom. The minimum Gasteiger partial charge on any atom is -0.508 e. The Bertz CT molecular complexity index is 1100. The average Bonchev–Trinajstić information content (AvgIpc) is 3.59. The number of anilines is 1. The van der Waals surface area contributed by atoms with E-state index in [1.54, 1.807) is 52.0 Å². The molecule has 1 fully saturated rings. The third-order valence-corrected chi connectivity index (χ3v) is 5.86. The Hall–Kier alpha value is -3.26. The third-order valence-electron chi connectivity index (χ3n) is 5.54. The monoisotopic (exact) mass is 501 g/mol. The summed E-state index contributed by atoms with van der Waals surface area (Å²) in [5.74, 6) is -0.769. The SMILES string of the molecule is Cc1cc(C(C(=O)Nc2c(C)cccc2Cl)N(C(=O)CNC(=O)OC(C)(C)C)C2CC2)ccc1O. The molecular weight excluding hydrogens is 470 g/mol. The highest BCUT2D eigenvalue weighted by atomic mass is 35.5. The second-order valence-corrected chi connectivity index (χ2v) is 10.2. The zero-order valence-corrected chi connectivity index (χ0v) is 21.4. The Balaban J connectivity index is 1.92. The van der Waals surface area contributed by atoms with E-state index < -0.39 is 29.6 Å². The van der Waals surface area contributed by atoms with Gasteiger partial charge in [0.1, 0.15) is 23.9 Å². The molecule has 0 aromatic heterocycles. The van der Waals surface area contributed by atoms with Crippen LogP contribution in [-0.4, -0.2) is 46.1 Å². The molecule has 8 nitrogen and oxygen atoms in total. The summed E-state index contributed by atoms with van der Waals surface area (Å²) in [5.41, 5.74) is 1.66. The number of phenols is 1. The van der Waals surface area contributed by atoms with Gasteiger partial charge in [-0.15, -0.1) is 0 Å². The molecule has 3 rings (SSSR count). The Kier molecular flexibility index (Phi) is 7.95. The molecular formula is C26H32ClN3O5. The van der Waals surface area contributed by atoms with Gasteiger partial charge in [-0.1, -0.05) is 29.8 Å². The van der Waals surface area contributed by atoms with Gasteiger partial charge in [-0.25, -0.2) is 4.79 Å². The summed E-state index contributed by atoms with van der Waals surface area (Å²) in [6, 6.07) is 8.95. The van der Waals surface area contributed by atoms with Crippen LogP contribution in [0.3, 0.4) is 0 Å². The number of amides is 3. The highest BCUT2D eigenvalue weighted by molar-refractivity contribution is 6.34. The Labute approximate surface area is 210 Å². The van der Waals surface area contributed by atoms with Crippen molar-refractivity contribution in [2.45, 2.75) is 65.1 Å². The average molecular weight is 502 g/mol. The number of halogens is 1. The number of ether oxygens (including phenoxy) is 1. The smallest absolute Gasteiger partial charge is 0.408 e. The predicted molar refractivity (Wildman–Crippen MR) is 135 cm³/mol. The van der Waals surface area contributed by atoms with Crippen LogP contribution in [0.2, 0.25) is 5.02 Å². The molecule has 2 aromatic rings. The first-order chi connectivity index (χ1) is 16.4. The Morgan fingerprint density at radius 1 is 1.14 bits per heavy atom. The van der Waals surface area contributed by atoms with Gasteiger partial charge in [0.05, 0.1) is 10.7 Å². The molecule has 1 aliphatic carbocycles. The second-order valence-electron chi connectivity index (χ2n) is 9.76. The highest BCUT2D eigenvalue weighted by Gasteiger charge is 2.41.